The van der Waals surface area contributed by atoms with Gasteiger partial charge in [0.25, 0.3) is 5.69 Å². The first-order valence-electron chi connectivity index (χ1n) is 6.78. The van der Waals surface area contributed by atoms with Crippen LogP contribution in [0.2, 0.25) is 0 Å². The average Bonchev–Trinajstić information content (AvgIpc) is 2.55. The number of nitro benzene ring substituents is 1. The zero-order chi connectivity index (χ0) is 18.4. The average molecular weight is 363 g/mol. The first kappa shape index (κ1) is 16.8. The number of H-pyrrole nitrogens is 1. The number of aromatic nitrogens is 2. The molecule has 2 aromatic carbocycles. The normalized spacial score (nSPS) is 11.6. The number of non-ortho nitro benzene ring substituents is 1. The predicted octanol–water partition coefficient (Wildman–Crippen LogP) is 0.390. The van der Waals surface area contributed by atoms with Crippen LogP contribution in [0.4, 0.5) is 5.69 Å². The fourth-order valence-corrected chi connectivity index (χ4v) is 2.97. The molecule has 0 unspecified atom stereocenters. The van der Waals surface area contributed by atoms with Gasteiger partial charge in [-0.3, -0.25) is 28.8 Å². The molecular weight excluding hydrogens is 353 g/mol. The summed E-state index contributed by atoms with van der Waals surface area (Å²) >= 11 is 0. The number of nitro groups is 1. The minimum absolute atomic E-state index is 0.0420. The van der Waals surface area contributed by atoms with E-state index < -0.39 is 23.6 Å². The molecule has 0 saturated carbocycles. The lowest BCUT2D eigenvalue weighted by molar-refractivity contribution is -0.384. The Bertz CT molecular complexity index is 1170. The number of rotatable bonds is 3. The lowest BCUT2D eigenvalue weighted by atomic mass is 10.2. The van der Waals surface area contributed by atoms with Crippen molar-refractivity contribution in [1.29, 1.82) is 0 Å². The number of fused-ring (bicyclic) bond motifs is 1. The van der Waals surface area contributed by atoms with E-state index >= 15 is 0 Å². The molecule has 0 amide bonds. The zero-order valence-electron chi connectivity index (χ0n) is 12.3. The quantitative estimate of drug-likeness (QED) is 0.263. The highest BCUT2D eigenvalue weighted by Crippen LogP contribution is 2.33. The number of nitrogens with zero attached hydrogens (tertiary/aromatic N) is 2. The van der Waals surface area contributed by atoms with Crippen LogP contribution in [0.5, 0.6) is 0 Å². The number of nitrogens with one attached hydrogen (secondary N) is 1. The van der Waals surface area contributed by atoms with Crippen LogP contribution in [-0.4, -0.2) is 24.3 Å². The van der Waals surface area contributed by atoms with E-state index in [0.29, 0.717) is 0 Å². The van der Waals surface area contributed by atoms with Crippen molar-refractivity contribution < 1.29 is 19.3 Å². The summed E-state index contributed by atoms with van der Waals surface area (Å²) in [4.78, 5) is 55.2. The van der Waals surface area contributed by atoms with Crippen molar-refractivity contribution in [2.24, 2.45) is 0 Å². The Balaban J connectivity index is 2.38. The first-order valence-corrected chi connectivity index (χ1v) is 8.40. The molecule has 0 bridgehead atoms. The van der Waals surface area contributed by atoms with Gasteiger partial charge in [0, 0.05) is 12.1 Å². The molecule has 1 aromatic heterocycles. The Labute approximate surface area is 138 Å². The second-order valence-corrected chi connectivity index (χ2v) is 6.72. The maximum atomic E-state index is 12.3. The van der Waals surface area contributed by atoms with Gasteiger partial charge in [0.1, 0.15) is 0 Å². The van der Waals surface area contributed by atoms with E-state index in [-0.39, 0.29) is 27.7 Å². The molecule has 0 spiro atoms. The van der Waals surface area contributed by atoms with Crippen LogP contribution in [0.3, 0.4) is 0 Å². The third-order valence-corrected chi connectivity index (χ3v) is 4.45. The third-order valence-electron chi connectivity index (χ3n) is 3.50. The Morgan fingerprint density at radius 2 is 1.84 bits per heavy atom. The van der Waals surface area contributed by atoms with Gasteiger partial charge in [0.15, 0.2) is 0 Å². The lowest BCUT2D eigenvalue weighted by Crippen LogP contribution is -2.35. The fourth-order valence-electron chi connectivity index (χ4n) is 2.39. The van der Waals surface area contributed by atoms with E-state index in [1.165, 1.54) is 24.3 Å². The van der Waals surface area contributed by atoms with Crippen LogP contribution >= 0.6 is 7.60 Å². The molecule has 0 aliphatic carbocycles. The van der Waals surface area contributed by atoms with E-state index in [1.54, 1.807) is 0 Å². The molecule has 0 radical (unpaired) electrons. The van der Waals surface area contributed by atoms with Crippen LogP contribution < -0.4 is 16.4 Å². The van der Waals surface area contributed by atoms with Crippen LogP contribution in [0.25, 0.3) is 16.7 Å². The smallest absolute Gasteiger partial charge is 0.321 e. The topological polar surface area (TPSA) is 156 Å². The van der Waals surface area contributed by atoms with Gasteiger partial charge in [0.05, 0.1) is 26.9 Å². The van der Waals surface area contributed by atoms with Crippen LogP contribution in [-0.2, 0) is 4.57 Å². The highest BCUT2D eigenvalue weighted by atomic mass is 31.2. The minimum Gasteiger partial charge on any atom is -0.321 e. The molecule has 3 N–H and O–H groups in total. The molecule has 128 valence electrons. The van der Waals surface area contributed by atoms with Gasteiger partial charge in [-0.2, -0.15) is 0 Å². The van der Waals surface area contributed by atoms with Crippen LogP contribution in [0.15, 0.2) is 52.1 Å². The van der Waals surface area contributed by atoms with Crippen LogP contribution in [0.1, 0.15) is 0 Å². The minimum atomic E-state index is -4.56. The summed E-state index contributed by atoms with van der Waals surface area (Å²) in [5.41, 5.74) is -2.04. The van der Waals surface area contributed by atoms with Crippen molar-refractivity contribution >= 4 is 29.6 Å². The van der Waals surface area contributed by atoms with Crippen molar-refractivity contribution in [1.82, 2.24) is 9.55 Å². The summed E-state index contributed by atoms with van der Waals surface area (Å²) in [7, 11) is -4.56. The standard InChI is InChI=1S/C14H10N3O7P/c18-13-14(19)16(8-2-1-3-10(6-8)25(22,23)24)12-5-4-9(17(20)21)7-11(12)15-13/h1-7H,(H,15,18)(H2,22,23,24). The molecule has 3 aromatic rings. The zero-order valence-corrected chi connectivity index (χ0v) is 13.2. The summed E-state index contributed by atoms with van der Waals surface area (Å²) in [6.45, 7) is 0. The van der Waals surface area contributed by atoms with Crippen molar-refractivity contribution in [2.45, 2.75) is 0 Å². The van der Waals surface area contributed by atoms with Crippen molar-refractivity contribution in [3.63, 3.8) is 0 Å². The Morgan fingerprint density at radius 1 is 1.12 bits per heavy atom. The lowest BCUT2D eigenvalue weighted by Gasteiger charge is -2.11. The molecule has 25 heavy (non-hydrogen) atoms. The highest BCUT2D eigenvalue weighted by molar-refractivity contribution is 7.60. The van der Waals surface area contributed by atoms with Crippen molar-refractivity contribution in [2.75, 3.05) is 0 Å². The van der Waals surface area contributed by atoms with E-state index in [2.05, 4.69) is 4.98 Å². The predicted molar refractivity (Wildman–Crippen MR) is 88.5 cm³/mol. The summed E-state index contributed by atoms with van der Waals surface area (Å²) in [5, 5.41) is 10.5. The van der Waals surface area contributed by atoms with E-state index in [9.17, 15) is 34.1 Å². The molecule has 0 saturated heterocycles. The molecule has 10 nitrogen and oxygen atoms in total. The third kappa shape index (κ3) is 3.01. The second kappa shape index (κ2) is 5.78. The molecule has 3 rings (SSSR count). The van der Waals surface area contributed by atoms with Gasteiger partial charge in [-0.1, -0.05) is 6.07 Å². The largest absolute Gasteiger partial charge is 0.356 e. The Morgan fingerprint density at radius 3 is 2.48 bits per heavy atom. The fraction of sp³-hybridized carbons (Fsp3) is 0. The van der Waals surface area contributed by atoms with Gasteiger partial charge in [-0.05, 0) is 24.3 Å². The number of hydrogen-bond acceptors (Lipinski definition) is 5. The maximum absolute atomic E-state index is 12.3. The monoisotopic (exact) mass is 363 g/mol. The second-order valence-electron chi connectivity index (χ2n) is 5.12. The summed E-state index contributed by atoms with van der Waals surface area (Å²) in [6.07, 6.45) is 0. The molecular formula is C14H10N3O7P. The van der Waals surface area contributed by atoms with Gasteiger partial charge >= 0.3 is 18.7 Å². The molecule has 0 fully saturated rings. The molecule has 0 aliphatic rings. The summed E-state index contributed by atoms with van der Waals surface area (Å²) < 4.78 is 12.4. The number of benzene rings is 2. The Kier molecular flexibility index (Phi) is 3.88. The van der Waals surface area contributed by atoms with Crippen molar-refractivity contribution in [3.8, 4) is 5.69 Å². The Hall–Kier alpha value is -3.07. The van der Waals surface area contributed by atoms with Crippen LogP contribution in [0, 0.1) is 10.1 Å². The molecule has 0 aliphatic heterocycles. The van der Waals surface area contributed by atoms with Gasteiger partial charge in [0.2, 0.25) is 0 Å². The van der Waals surface area contributed by atoms with E-state index in [0.717, 1.165) is 22.8 Å². The van der Waals surface area contributed by atoms with Crippen molar-refractivity contribution in [3.05, 3.63) is 73.3 Å². The maximum Gasteiger partial charge on any atom is 0.356 e. The van der Waals surface area contributed by atoms with Gasteiger partial charge in [-0.15, -0.1) is 0 Å². The number of hydrogen-bond donors (Lipinski definition) is 3. The van der Waals surface area contributed by atoms with Gasteiger partial charge < -0.3 is 14.8 Å². The SMILES string of the molecule is O=c1[nH]c2cc([N+](=O)[O-])ccc2n(-c2cccc(P(=O)(O)O)c2)c1=O. The summed E-state index contributed by atoms with van der Waals surface area (Å²) in [6, 6.07) is 8.52. The summed E-state index contributed by atoms with van der Waals surface area (Å²) in [5.74, 6) is 0. The molecule has 1 heterocycles. The van der Waals surface area contributed by atoms with E-state index in [4.69, 9.17) is 0 Å². The van der Waals surface area contributed by atoms with E-state index in [1.807, 2.05) is 0 Å². The first-order chi connectivity index (χ1) is 11.7. The van der Waals surface area contributed by atoms with Gasteiger partial charge in [-0.25, -0.2) is 0 Å². The molecule has 0 atom stereocenters. The number of aromatic amines is 1. The highest BCUT2D eigenvalue weighted by Gasteiger charge is 2.19. The molecule has 11 heteroatoms.